The Morgan fingerprint density at radius 2 is 2.31 bits per heavy atom. The van der Waals surface area contributed by atoms with E-state index in [1.54, 1.807) is 0 Å². The van der Waals surface area contributed by atoms with Crippen molar-refractivity contribution in [3.05, 3.63) is 33.8 Å². The van der Waals surface area contributed by atoms with Gasteiger partial charge in [0, 0.05) is 22.6 Å². The van der Waals surface area contributed by atoms with Gasteiger partial charge in [0.25, 0.3) is 0 Å². The van der Waals surface area contributed by atoms with Crippen molar-refractivity contribution in [2.45, 2.75) is 19.8 Å². The van der Waals surface area contributed by atoms with Gasteiger partial charge in [-0.15, -0.1) is 0 Å². The lowest BCUT2D eigenvalue weighted by Gasteiger charge is -2.21. The highest BCUT2D eigenvalue weighted by atomic mass is 79.9. The molecule has 0 radical (unpaired) electrons. The SMILES string of the molecule is Cc1cc(C(=O)C2CCCOC2)ccc1Br. The quantitative estimate of drug-likeness (QED) is 0.778. The minimum absolute atomic E-state index is 0.0503. The van der Waals surface area contributed by atoms with Crippen molar-refractivity contribution in [1.82, 2.24) is 0 Å². The zero-order chi connectivity index (χ0) is 11.5. The van der Waals surface area contributed by atoms with Crippen LogP contribution < -0.4 is 0 Å². The number of hydrogen-bond donors (Lipinski definition) is 0. The zero-order valence-corrected chi connectivity index (χ0v) is 10.9. The molecule has 1 unspecified atom stereocenters. The van der Waals surface area contributed by atoms with E-state index in [0.29, 0.717) is 6.61 Å². The molecule has 0 amide bonds. The maximum absolute atomic E-state index is 12.2. The van der Waals surface area contributed by atoms with Gasteiger partial charge in [0.05, 0.1) is 6.61 Å². The van der Waals surface area contributed by atoms with Crippen LogP contribution in [0.1, 0.15) is 28.8 Å². The van der Waals surface area contributed by atoms with E-state index in [1.807, 2.05) is 25.1 Å². The summed E-state index contributed by atoms with van der Waals surface area (Å²) in [7, 11) is 0. The van der Waals surface area contributed by atoms with Crippen molar-refractivity contribution in [2.75, 3.05) is 13.2 Å². The fourth-order valence-corrected chi connectivity index (χ4v) is 2.23. The molecule has 86 valence electrons. The summed E-state index contributed by atoms with van der Waals surface area (Å²) in [6.07, 6.45) is 1.94. The molecular weight excluding hydrogens is 268 g/mol. The summed E-state index contributed by atoms with van der Waals surface area (Å²) in [6, 6.07) is 5.77. The third-order valence-electron chi connectivity index (χ3n) is 2.97. The average molecular weight is 283 g/mol. The van der Waals surface area contributed by atoms with Crippen molar-refractivity contribution in [2.24, 2.45) is 5.92 Å². The minimum Gasteiger partial charge on any atom is -0.381 e. The number of carbonyl (C=O) groups is 1. The molecule has 2 rings (SSSR count). The van der Waals surface area contributed by atoms with Crippen LogP contribution in [-0.4, -0.2) is 19.0 Å². The van der Waals surface area contributed by atoms with Gasteiger partial charge in [-0.3, -0.25) is 4.79 Å². The summed E-state index contributed by atoms with van der Waals surface area (Å²) in [5, 5.41) is 0. The second kappa shape index (κ2) is 5.11. The van der Waals surface area contributed by atoms with Crippen LogP contribution in [0.2, 0.25) is 0 Å². The van der Waals surface area contributed by atoms with E-state index in [0.717, 1.165) is 35.0 Å². The van der Waals surface area contributed by atoms with Crippen LogP contribution in [0.25, 0.3) is 0 Å². The van der Waals surface area contributed by atoms with Crippen LogP contribution in [0.5, 0.6) is 0 Å². The largest absolute Gasteiger partial charge is 0.381 e. The molecule has 0 aliphatic carbocycles. The molecule has 2 nitrogen and oxygen atoms in total. The zero-order valence-electron chi connectivity index (χ0n) is 9.33. The maximum Gasteiger partial charge on any atom is 0.168 e. The van der Waals surface area contributed by atoms with Gasteiger partial charge in [-0.1, -0.05) is 22.0 Å². The van der Waals surface area contributed by atoms with E-state index in [9.17, 15) is 4.79 Å². The highest BCUT2D eigenvalue weighted by molar-refractivity contribution is 9.10. The molecule has 1 atom stereocenters. The third-order valence-corrected chi connectivity index (χ3v) is 3.86. The minimum atomic E-state index is 0.0503. The number of halogens is 1. The van der Waals surface area contributed by atoms with Gasteiger partial charge in [0.1, 0.15) is 0 Å². The Balaban J connectivity index is 2.16. The Labute approximate surface area is 104 Å². The fourth-order valence-electron chi connectivity index (χ4n) is 1.98. The normalized spacial score (nSPS) is 20.8. The number of Topliss-reactive ketones (excluding diaryl/α,β-unsaturated/α-hetero) is 1. The first kappa shape index (κ1) is 11.8. The molecule has 1 aromatic carbocycles. The van der Waals surface area contributed by atoms with Gasteiger partial charge in [0.2, 0.25) is 0 Å². The Morgan fingerprint density at radius 1 is 1.50 bits per heavy atom. The van der Waals surface area contributed by atoms with E-state index in [-0.39, 0.29) is 11.7 Å². The molecule has 1 aromatic rings. The molecule has 0 aromatic heterocycles. The number of hydrogen-bond acceptors (Lipinski definition) is 2. The van der Waals surface area contributed by atoms with E-state index in [2.05, 4.69) is 15.9 Å². The van der Waals surface area contributed by atoms with Crippen LogP contribution in [0, 0.1) is 12.8 Å². The van der Waals surface area contributed by atoms with E-state index >= 15 is 0 Å². The summed E-state index contributed by atoms with van der Waals surface area (Å²) in [5.41, 5.74) is 1.90. The lowest BCUT2D eigenvalue weighted by Crippen LogP contribution is -2.25. The second-order valence-corrected chi connectivity index (χ2v) is 5.10. The van der Waals surface area contributed by atoms with E-state index in [1.165, 1.54) is 0 Å². The molecule has 1 fully saturated rings. The first-order valence-electron chi connectivity index (χ1n) is 5.56. The highest BCUT2D eigenvalue weighted by Crippen LogP contribution is 2.22. The van der Waals surface area contributed by atoms with Crippen LogP contribution in [0.15, 0.2) is 22.7 Å². The van der Waals surface area contributed by atoms with E-state index in [4.69, 9.17) is 4.74 Å². The van der Waals surface area contributed by atoms with Gasteiger partial charge >= 0.3 is 0 Å². The Hall–Kier alpha value is -0.670. The molecule has 1 saturated heterocycles. The summed E-state index contributed by atoms with van der Waals surface area (Å²) in [6.45, 7) is 3.37. The van der Waals surface area contributed by atoms with Crippen molar-refractivity contribution in [1.29, 1.82) is 0 Å². The van der Waals surface area contributed by atoms with Crippen LogP contribution in [0.4, 0.5) is 0 Å². The number of ether oxygens (including phenoxy) is 1. The number of carbonyl (C=O) groups excluding carboxylic acids is 1. The summed E-state index contributed by atoms with van der Waals surface area (Å²) in [5.74, 6) is 0.268. The monoisotopic (exact) mass is 282 g/mol. The topological polar surface area (TPSA) is 26.3 Å². The standard InChI is InChI=1S/C13H15BrO2/c1-9-7-10(4-5-12(9)14)13(15)11-3-2-6-16-8-11/h4-5,7,11H,2-3,6,8H2,1H3. The Bertz CT molecular complexity index is 395. The summed E-state index contributed by atoms with van der Waals surface area (Å²) < 4.78 is 6.39. The third kappa shape index (κ3) is 2.53. The molecule has 16 heavy (non-hydrogen) atoms. The average Bonchev–Trinajstić information content (AvgIpc) is 2.33. The van der Waals surface area contributed by atoms with Crippen LogP contribution in [0.3, 0.4) is 0 Å². The smallest absolute Gasteiger partial charge is 0.168 e. The highest BCUT2D eigenvalue weighted by Gasteiger charge is 2.23. The van der Waals surface area contributed by atoms with Crippen LogP contribution >= 0.6 is 15.9 Å². The van der Waals surface area contributed by atoms with Gasteiger partial charge < -0.3 is 4.74 Å². The molecule has 0 saturated carbocycles. The molecule has 0 spiro atoms. The number of ketones is 1. The van der Waals surface area contributed by atoms with Crippen molar-refractivity contribution >= 4 is 21.7 Å². The molecule has 0 bridgehead atoms. The van der Waals surface area contributed by atoms with Crippen molar-refractivity contribution < 1.29 is 9.53 Å². The second-order valence-electron chi connectivity index (χ2n) is 4.24. The molecule has 0 N–H and O–H groups in total. The summed E-state index contributed by atoms with van der Waals surface area (Å²) >= 11 is 3.44. The molecule has 1 aliphatic rings. The number of aryl methyl sites for hydroxylation is 1. The maximum atomic E-state index is 12.2. The van der Waals surface area contributed by atoms with E-state index < -0.39 is 0 Å². The lowest BCUT2D eigenvalue weighted by atomic mass is 9.92. The fraction of sp³-hybridized carbons (Fsp3) is 0.462. The first-order valence-corrected chi connectivity index (χ1v) is 6.36. The Kier molecular flexibility index (Phi) is 3.77. The van der Waals surface area contributed by atoms with Gasteiger partial charge in [-0.2, -0.15) is 0 Å². The molecular formula is C13H15BrO2. The molecule has 1 heterocycles. The van der Waals surface area contributed by atoms with Gasteiger partial charge in [0.15, 0.2) is 5.78 Å². The lowest BCUT2D eigenvalue weighted by molar-refractivity contribution is 0.0461. The Morgan fingerprint density at radius 3 is 2.94 bits per heavy atom. The number of rotatable bonds is 2. The first-order chi connectivity index (χ1) is 7.68. The number of benzene rings is 1. The van der Waals surface area contributed by atoms with Crippen molar-refractivity contribution in [3.8, 4) is 0 Å². The van der Waals surface area contributed by atoms with Gasteiger partial charge in [-0.05, 0) is 37.5 Å². The van der Waals surface area contributed by atoms with Crippen LogP contribution in [-0.2, 0) is 4.74 Å². The predicted molar refractivity (Wildman–Crippen MR) is 66.8 cm³/mol. The predicted octanol–water partition coefficient (Wildman–Crippen LogP) is 3.37. The molecule has 3 heteroatoms. The molecule has 1 aliphatic heterocycles. The van der Waals surface area contributed by atoms with Gasteiger partial charge in [-0.25, -0.2) is 0 Å². The summed E-state index contributed by atoms with van der Waals surface area (Å²) in [4.78, 5) is 12.2. The van der Waals surface area contributed by atoms with Crippen molar-refractivity contribution in [3.63, 3.8) is 0 Å².